The van der Waals surface area contributed by atoms with Gasteiger partial charge >= 0.3 is 0 Å². The van der Waals surface area contributed by atoms with Crippen molar-refractivity contribution in [3.05, 3.63) is 23.5 Å². The summed E-state index contributed by atoms with van der Waals surface area (Å²) in [5.74, 6) is 0.502. The Morgan fingerprint density at radius 2 is 2.33 bits per heavy atom. The third-order valence-electron chi connectivity index (χ3n) is 2.12. The number of pyridine rings is 1. The molecule has 0 unspecified atom stereocenters. The van der Waals surface area contributed by atoms with Gasteiger partial charge in [-0.3, -0.25) is 4.98 Å². The first kappa shape index (κ1) is 7.55. The van der Waals surface area contributed by atoms with E-state index >= 15 is 0 Å². The Labute approximate surface area is 72.2 Å². The summed E-state index contributed by atoms with van der Waals surface area (Å²) < 4.78 is 0. The van der Waals surface area contributed by atoms with Crippen LogP contribution in [0.15, 0.2) is 12.3 Å². The second kappa shape index (κ2) is 2.75. The Bertz CT molecular complexity index is 294. The molecule has 1 aliphatic rings. The summed E-state index contributed by atoms with van der Waals surface area (Å²) in [6.07, 6.45) is 1.86. The lowest BCUT2D eigenvalue weighted by atomic mass is 10.0. The maximum Gasteiger partial charge on any atom is 0.0567 e. The fourth-order valence-electron chi connectivity index (χ4n) is 1.54. The van der Waals surface area contributed by atoms with E-state index in [1.54, 1.807) is 0 Å². The van der Waals surface area contributed by atoms with Gasteiger partial charge in [-0.1, -0.05) is 13.8 Å². The lowest BCUT2D eigenvalue weighted by Gasteiger charge is -2.08. The number of rotatable bonds is 1. The van der Waals surface area contributed by atoms with Crippen LogP contribution in [-0.4, -0.2) is 4.98 Å². The molecule has 0 aliphatic carbocycles. The molecule has 0 aromatic carbocycles. The summed E-state index contributed by atoms with van der Waals surface area (Å²) in [5, 5.41) is 0. The molecule has 0 saturated heterocycles. The number of nitrogens with zero attached hydrogens (tertiary/aromatic N) is 1. The van der Waals surface area contributed by atoms with Crippen molar-refractivity contribution >= 4 is 5.69 Å². The number of hydrogen-bond acceptors (Lipinski definition) is 3. The van der Waals surface area contributed by atoms with Crippen molar-refractivity contribution in [1.82, 2.24) is 10.4 Å². The Hall–Kier alpha value is -1.09. The van der Waals surface area contributed by atoms with Crippen LogP contribution in [0, 0.1) is 0 Å². The first-order chi connectivity index (χ1) is 5.79. The molecule has 0 saturated carbocycles. The van der Waals surface area contributed by atoms with E-state index in [9.17, 15) is 0 Å². The molecule has 2 heterocycles. The zero-order valence-corrected chi connectivity index (χ0v) is 7.39. The quantitative estimate of drug-likeness (QED) is 0.660. The van der Waals surface area contributed by atoms with Crippen molar-refractivity contribution in [3.8, 4) is 0 Å². The van der Waals surface area contributed by atoms with Gasteiger partial charge in [0.1, 0.15) is 0 Å². The van der Waals surface area contributed by atoms with Gasteiger partial charge < -0.3 is 5.43 Å². The lowest BCUT2D eigenvalue weighted by molar-refractivity contribution is 0.782. The maximum absolute atomic E-state index is 4.37. The van der Waals surface area contributed by atoms with Gasteiger partial charge in [-0.25, -0.2) is 5.43 Å². The first-order valence-electron chi connectivity index (χ1n) is 4.25. The third kappa shape index (κ3) is 1.06. The number of anilines is 1. The van der Waals surface area contributed by atoms with E-state index in [1.807, 2.05) is 12.3 Å². The molecule has 0 amide bonds. The highest BCUT2D eigenvalue weighted by Crippen LogP contribution is 2.26. The molecule has 1 aliphatic heterocycles. The molecule has 3 nitrogen and oxygen atoms in total. The average molecular weight is 163 g/mol. The van der Waals surface area contributed by atoms with E-state index in [1.165, 1.54) is 16.9 Å². The van der Waals surface area contributed by atoms with E-state index in [0.717, 1.165) is 6.54 Å². The minimum Gasteiger partial charge on any atom is -0.321 e. The Kier molecular flexibility index (Phi) is 1.73. The molecule has 1 aromatic heterocycles. The predicted octanol–water partition coefficient (Wildman–Crippen LogP) is 1.64. The van der Waals surface area contributed by atoms with Crippen LogP contribution in [0.3, 0.4) is 0 Å². The summed E-state index contributed by atoms with van der Waals surface area (Å²) in [4.78, 5) is 4.37. The molecule has 2 rings (SSSR count). The highest BCUT2D eigenvalue weighted by atomic mass is 15.4. The van der Waals surface area contributed by atoms with Gasteiger partial charge in [-0.15, -0.1) is 0 Å². The van der Waals surface area contributed by atoms with E-state index in [-0.39, 0.29) is 0 Å². The van der Waals surface area contributed by atoms with Crippen LogP contribution >= 0.6 is 0 Å². The van der Waals surface area contributed by atoms with Crippen molar-refractivity contribution in [2.45, 2.75) is 26.3 Å². The molecule has 0 spiro atoms. The second-order valence-corrected chi connectivity index (χ2v) is 3.36. The van der Waals surface area contributed by atoms with Gasteiger partial charge in [0.25, 0.3) is 0 Å². The Balaban J connectivity index is 2.49. The smallest absolute Gasteiger partial charge is 0.0567 e. The number of nitrogens with one attached hydrogen (secondary N) is 2. The minimum absolute atomic E-state index is 0.502. The van der Waals surface area contributed by atoms with E-state index < -0.39 is 0 Å². The third-order valence-corrected chi connectivity index (χ3v) is 2.12. The highest BCUT2D eigenvalue weighted by molar-refractivity contribution is 5.55. The van der Waals surface area contributed by atoms with Crippen molar-refractivity contribution in [3.63, 3.8) is 0 Å². The first-order valence-corrected chi connectivity index (χ1v) is 4.25. The molecular formula is C9H13N3. The predicted molar refractivity (Wildman–Crippen MR) is 48.8 cm³/mol. The van der Waals surface area contributed by atoms with Crippen molar-refractivity contribution < 1.29 is 0 Å². The van der Waals surface area contributed by atoms with Crippen LogP contribution in [0.25, 0.3) is 0 Å². The molecule has 0 bridgehead atoms. The van der Waals surface area contributed by atoms with E-state index in [4.69, 9.17) is 0 Å². The normalized spacial score (nSPS) is 14.6. The number of fused-ring (bicyclic) bond motifs is 1. The standard InChI is InChI=1S/C9H13N3/c1-6(2)9-7-5-11-12-8(7)3-4-10-9/h3-4,6,11-12H,5H2,1-2H3. The SMILES string of the molecule is CC(C)c1nccc2c1CNN2. The van der Waals surface area contributed by atoms with Gasteiger partial charge in [-0.05, 0) is 12.0 Å². The van der Waals surface area contributed by atoms with Crippen LogP contribution < -0.4 is 10.9 Å². The van der Waals surface area contributed by atoms with E-state index in [2.05, 4.69) is 29.7 Å². The maximum atomic E-state index is 4.37. The molecule has 3 heteroatoms. The fourth-order valence-corrected chi connectivity index (χ4v) is 1.54. The highest BCUT2D eigenvalue weighted by Gasteiger charge is 2.15. The van der Waals surface area contributed by atoms with Crippen LogP contribution in [0.1, 0.15) is 31.0 Å². The monoisotopic (exact) mass is 163 g/mol. The summed E-state index contributed by atoms with van der Waals surface area (Å²) in [6, 6.07) is 2.00. The van der Waals surface area contributed by atoms with Crippen LogP contribution in [0.2, 0.25) is 0 Å². The van der Waals surface area contributed by atoms with Gasteiger partial charge in [0.15, 0.2) is 0 Å². The van der Waals surface area contributed by atoms with Crippen molar-refractivity contribution in [1.29, 1.82) is 0 Å². The number of hydrazine groups is 1. The topological polar surface area (TPSA) is 37.0 Å². The van der Waals surface area contributed by atoms with Crippen molar-refractivity contribution in [2.75, 3.05) is 5.43 Å². The largest absolute Gasteiger partial charge is 0.321 e. The molecule has 0 radical (unpaired) electrons. The molecule has 0 fully saturated rings. The number of hydrogen-bond donors (Lipinski definition) is 2. The molecule has 2 N–H and O–H groups in total. The lowest BCUT2D eigenvalue weighted by Crippen LogP contribution is -2.11. The van der Waals surface area contributed by atoms with Gasteiger partial charge in [-0.2, -0.15) is 0 Å². The molecule has 64 valence electrons. The second-order valence-electron chi connectivity index (χ2n) is 3.36. The van der Waals surface area contributed by atoms with E-state index in [0.29, 0.717) is 5.92 Å². The van der Waals surface area contributed by atoms with Gasteiger partial charge in [0.2, 0.25) is 0 Å². The van der Waals surface area contributed by atoms with Crippen LogP contribution in [-0.2, 0) is 6.54 Å². The molecule has 0 atom stereocenters. The zero-order chi connectivity index (χ0) is 8.55. The van der Waals surface area contributed by atoms with Crippen LogP contribution in [0.5, 0.6) is 0 Å². The summed E-state index contributed by atoms with van der Waals surface area (Å²) >= 11 is 0. The zero-order valence-electron chi connectivity index (χ0n) is 7.39. The molecule has 12 heavy (non-hydrogen) atoms. The van der Waals surface area contributed by atoms with Crippen LogP contribution in [0.4, 0.5) is 5.69 Å². The summed E-state index contributed by atoms with van der Waals surface area (Å²) in [6.45, 7) is 5.22. The Morgan fingerprint density at radius 1 is 1.50 bits per heavy atom. The van der Waals surface area contributed by atoms with Gasteiger partial charge in [0, 0.05) is 24.0 Å². The summed E-state index contributed by atoms with van der Waals surface area (Å²) in [5.41, 5.74) is 9.88. The van der Waals surface area contributed by atoms with Crippen molar-refractivity contribution in [2.24, 2.45) is 0 Å². The molecular weight excluding hydrogens is 150 g/mol. The fraction of sp³-hybridized carbons (Fsp3) is 0.444. The van der Waals surface area contributed by atoms with Gasteiger partial charge in [0.05, 0.1) is 5.69 Å². The summed E-state index contributed by atoms with van der Waals surface area (Å²) in [7, 11) is 0. The molecule has 1 aromatic rings. The minimum atomic E-state index is 0.502. The number of aromatic nitrogens is 1. The Morgan fingerprint density at radius 3 is 3.08 bits per heavy atom. The average Bonchev–Trinajstić information content (AvgIpc) is 2.49.